The molecule has 0 saturated carbocycles. The van der Waals surface area contributed by atoms with Crippen LogP contribution in [0.5, 0.6) is 5.75 Å². The number of nitrogens with one attached hydrogen (secondary N) is 2. The monoisotopic (exact) mass is 349 g/mol. The van der Waals surface area contributed by atoms with Crippen molar-refractivity contribution in [1.82, 2.24) is 20.5 Å². The van der Waals surface area contributed by atoms with Crippen LogP contribution in [0.15, 0.2) is 60.9 Å². The van der Waals surface area contributed by atoms with Gasteiger partial charge in [0.05, 0.1) is 6.61 Å². The van der Waals surface area contributed by atoms with Gasteiger partial charge >= 0.3 is 0 Å². The van der Waals surface area contributed by atoms with Crippen LogP contribution in [0, 0.1) is 0 Å². The van der Waals surface area contributed by atoms with Crippen molar-refractivity contribution < 1.29 is 9.53 Å². The van der Waals surface area contributed by atoms with Gasteiger partial charge in [-0.05, 0) is 55.0 Å². The molecular weight excluding hydrogens is 330 g/mol. The Bertz CT molecular complexity index is 836. The third-order valence-corrected chi connectivity index (χ3v) is 3.51. The highest BCUT2D eigenvalue weighted by Crippen LogP contribution is 2.18. The summed E-state index contributed by atoms with van der Waals surface area (Å²) < 4.78 is 5.40. The van der Waals surface area contributed by atoms with E-state index in [1.54, 1.807) is 24.5 Å². The molecule has 2 aromatic heterocycles. The summed E-state index contributed by atoms with van der Waals surface area (Å²) in [5.41, 5.74) is 2.03. The second-order valence-corrected chi connectivity index (χ2v) is 5.43. The number of benzene rings is 1. The smallest absolute Gasteiger partial charge is 0.272 e. The van der Waals surface area contributed by atoms with E-state index in [1.165, 1.54) is 0 Å². The summed E-state index contributed by atoms with van der Waals surface area (Å²) in [5, 5.41) is 13.9. The highest BCUT2D eigenvalue weighted by Gasteiger charge is 2.08. The molecule has 1 amide bonds. The third kappa shape index (κ3) is 4.76. The molecule has 0 aliphatic carbocycles. The third-order valence-electron chi connectivity index (χ3n) is 3.51. The van der Waals surface area contributed by atoms with Gasteiger partial charge in [0, 0.05) is 24.6 Å². The van der Waals surface area contributed by atoms with Crippen molar-refractivity contribution >= 4 is 17.4 Å². The molecule has 132 valence electrons. The standard InChI is InChI=1S/C19H19N5O2/c1-2-26-16-7-5-15(6-8-16)22-18-10-9-17(23-24-18)19(25)21-13-14-4-3-11-20-12-14/h3-12H,2,13H2,1H3,(H,21,25)(H,22,24). The van der Waals surface area contributed by atoms with E-state index in [0.29, 0.717) is 19.0 Å². The van der Waals surface area contributed by atoms with Crippen LogP contribution in [-0.2, 0) is 6.54 Å². The lowest BCUT2D eigenvalue weighted by atomic mass is 10.2. The maximum atomic E-state index is 12.1. The van der Waals surface area contributed by atoms with Crippen LogP contribution < -0.4 is 15.4 Å². The summed E-state index contributed by atoms with van der Waals surface area (Å²) in [7, 11) is 0. The van der Waals surface area contributed by atoms with E-state index in [-0.39, 0.29) is 11.6 Å². The Kier molecular flexibility index (Phi) is 5.72. The molecule has 26 heavy (non-hydrogen) atoms. The molecule has 0 aliphatic heterocycles. The summed E-state index contributed by atoms with van der Waals surface area (Å²) >= 11 is 0. The average molecular weight is 349 g/mol. The molecule has 2 N–H and O–H groups in total. The Labute approximate surface area is 151 Å². The van der Waals surface area contributed by atoms with Gasteiger partial charge in [-0.2, -0.15) is 0 Å². The molecule has 1 aromatic carbocycles. The van der Waals surface area contributed by atoms with E-state index < -0.39 is 0 Å². The summed E-state index contributed by atoms with van der Waals surface area (Å²) in [6, 6.07) is 14.6. The van der Waals surface area contributed by atoms with Crippen LogP contribution in [-0.4, -0.2) is 27.7 Å². The highest BCUT2D eigenvalue weighted by atomic mass is 16.5. The molecule has 7 heteroatoms. The first-order chi connectivity index (χ1) is 12.7. The van der Waals surface area contributed by atoms with E-state index in [4.69, 9.17) is 4.74 Å². The minimum Gasteiger partial charge on any atom is -0.494 e. The van der Waals surface area contributed by atoms with E-state index in [2.05, 4.69) is 25.8 Å². The Morgan fingerprint density at radius 3 is 2.58 bits per heavy atom. The van der Waals surface area contributed by atoms with Crippen LogP contribution in [0.25, 0.3) is 0 Å². The molecule has 2 heterocycles. The van der Waals surface area contributed by atoms with Crippen molar-refractivity contribution in [2.24, 2.45) is 0 Å². The number of carbonyl (C=O) groups is 1. The number of nitrogens with zero attached hydrogens (tertiary/aromatic N) is 3. The molecule has 0 aliphatic rings. The van der Waals surface area contributed by atoms with Crippen LogP contribution in [0.4, 0.5) is 11.5 Å². The van der Waals surface area contributed by atoms with Gasteiger partial charge in [0.25, 0.3) is 5.91 Å². The second kappa shape index (κ2) is 8.57. The second-order valence-electron chi connectivity index (χ2n) is 5.43. The number of aromatic nitrogens is 3. The molecule has 0 saturated heterocycles. The first-order valence-electron chi connectivity index (χ1n) is 8.25. The Hall–Kier alpha value is -3.48. The SMILES string of the molecule is CCOc1ccc(Nc2ccc(C(=O)NCc3cccnc3)nn2)cc1. The maximum Gasteiger partial charge on any atom is 0.272 e. The van der Waals surface area contributed by atoms with Crippen molar-refractivity contribution in [3.63, 3.8) is 0 Å². The van der Waals surface area contributed by atoms with E-state index in [9.17, 15) is 4.79 Å². The fourth-order valence-electron chi connectivity index (χ4n) is 2.24. The lowest BCUT2D eigenvalue weighted by molar-refractivity contribution is 0.0945. The minimum atomic E-state index is -0.283. The van der Waals surface area contributed by atoms with Gasteiger partial charge in [0.15, 0.2) is 11.5 Å². The molecule has 7 nitrogen and oxygen atoms in total. The number of rotatable bonds is 7. The molecule has 3 rings (SSSR count). The van der Waals surface area contributed by atoms with E-state index >= 15 is 0 Å². The number of amides is 1. The maximum absolute atomic E-state index is 12.1. The minimum absolute atomic E-state index is 0.256. The molecular formula is C19H19N5O2. The average Bonchev–Trinajstić information content (AvgIpc) is 2.69. The van der Waals surface area contributed by atoms with Crippen molar-refractivity contribution in [1.29, 1.82) is 0 Å². The zero-order chi connectivity index (χ0) is 18.2. The summed E-state index contributed by atoms with van der Waals surface area (Å²) in [6.07, 6.45) is 3.39. The number of hydrogen-bond donors (Lipinski definition) is 2. The molecule has 0 atom stereocenters. The quantitative estimate of drug-likeness (QED) is 0.682. The van der Waals surface area contributed by atoms with Gasteiger partial charge in [0.1, 0.15) is 5.75 Å². The van der Waals surface area contributed by atoms with Gasteiger partial charge in [-0.1, -0.05) is 6.07 Å². The Morgan fingerprint density at radius 2 is 1.92 bits per heavy atom. The highest BCUT2D eigenvalue weighted by molar-refractivity contribution is 5.92. The molecule has 0 fully saturated rings. The van der Waals surface area contributed by atoms with Gasteiger partial charge in [-0.25, -0.2) is 0 Å². The van der Waals surface area contributed by atoms with Crippen molar-refractivity contribution in [2.75, 3.05) is 11.9 Å². The Balaban J connectivity index is 1.56. The molecule has 3 aromatic rings. The number of anilines is 2. The van der Waals surface area contributed by atoms with E-state index in [1.807, 2.05) is 43.3 Å². The first kappa shape index (κ1) is 17.3. The normalized spacial score (nSPS) is 10.2. The van der Waals surface area contributed by atoms with Crippen molar-refractivity contribution in [3.05, 3.63) is 72.2 Å². The van der Waals surface area contributed by atoms with Crippen LogP contribution >= 0.6 is 0 Å². The fourth-order valence-corrected chi connectivity index (χ4v) is 2.24. The van der Waals surface area contributed by atoms with Gasteiger partial charge < -0.3 is 15.4 Å². The lowest BCUT2D eigenvalue weighted by Crippen LogP contribution is -2.24. The van der Waals surface area contributed by atoms with Crippen LogP contribution in [0.1, 0.15) is 23.0 Å². The predicted octanol–water partition coefficient (Wildman–Crippen LogP) is 2.94. The van der Waals surface area contributed by atoms with Crippen molar-refractivity contribution in [3.8, 4) is 5.75 Å². The number of carbonyl (C=O) groups excluding carboxylic acids is 1. The topological polar surface area (TPSA) is 89.0 Å². The number of ether oxygens (including phenoxy) is 1. The summed E-state index contributed by atoms with van der Waals surface area (Å²) in [6.45, 7) is 2.96. The van der Waals surface area contributed by atoms with Crippen LogP contribution in [0.3, 0.4) is 0 Å². The molecule has 0 unspecified atom stereocenters. The molecule has 0 radical (unpaired) electrons. The fraction of sp³-hybridized carbons (Fsp3) is 0.158. The molecule has 0 bridgehead atoms. The van der Waals surface area contributed by atoms with E-state index in [0.717, 1.165) is 17.0 Å². The summed E-state index contributed by atoms with van der Waals surface area (Å²) in [4.78, 5) is 16.1. The molecule has 0 spiro atoms. The lowest BCUT2D eigenvalue weighted by Gasteiger charge is -2.08. The number of hydrogen-bond acceptors (Lipinski definition) is 6. The number of pyridine rings is 1. The van der Waals surface area contributed by atoms with Gasteiger partial charge in [-0.15, -0.1) is 10.2 Å². The first-order valence-corrected chi connectivity index (χ1v) is 8.25. The van der Waals surface area contributed by atoms with Gasteiger partial charge in [0.2, 0.25) is 0 Å². The zero-order valence-electron chi connectivity index (χ0n) is 14.3. The summed E-state index contributed by atoms with van der Waals surface area (Å²) in [5.74, 6) is 1.08. The largest absolute Gasteiger partial charge is 0.494 e. The predicted molar refractivity (Wildman–Crippen MR) is 98.3 cm³/mol. The van der Waals surface area contributed by atoms with Gasteiger partial charge in [-0.3, -0.25) is 9.78 Å². The van der Waals surface area contributed by atoms with Crippen LogP contribution in [0.2, 0.25) is 0 Å². The zero-order valence-corrected chi connectivity index (χ0v) is 14.3. The van der Waals surface area contributed by atoms with Crippen molar-refractivity contribution in [2.45, 2.75) is 13.5 Å². The Morgan fingerprint density at radius 1 is 1.08 bits per heavy atom.